The summed E-state index contributed by atoms with van der Waals surface area (Å²) >= 11 is 1.74. The summed E-state index contributed by atoms with van der Waals surface area (Å²) in [6.45, 7) is 6.16. The van der Waals surface area contributed by atoms with Gasteiger partial charge in [0.1, 0.15) is 18.4 Å². The second-order valence-electron chi connectivity index (χ2n) is 9.45. The number of hydrogen-bond acceptors (Lipinski definition) is 7. The molecule has 3 rings (SSSR count). The molecule has 6 N–H and O–H groups in total. The van der Waals surface area contributed by atoms with Crippen LogP contribution in [0, 0.1) is 6.92 Å². The Labute approximate surface area is 246 Å². The Morgan fingerprint density at radius 1 is 0.976 bits per heavy atom. The van der Waals surface area contributed by atoms with Crippen LogP contribution in [0.4, 0.5) is 0 Å². The number of aryl methyl sites for hydroxylation is 1. The number of thioether (sulfide) groups is 1. The standard InChI is InChI=1S/C25H29NO4S.C6H14N2O2/c1-4-29-24(25(27)28)17-19-6-10-21(11-7-19)30-16-15-26-18(2)5-14-23(26)20-8-12-22(31-3)13-9-20;7-4-2-1-3-5(8)6(9)10/h5-14,24H,4,15-17H2,1-3H3,(H,27,28);5H,1-4,7-8H2,(H,9,10)/t;5-/m.0/s1. The summed E-state index contributed by atoms with van der Waals surface area (Å²) in [5, 5.41) is 17.6. The number of carboxylic acids is 2. The van der Waals surface area contributed by atoms with Crippen LogP contribution >= 0.6 is 11.8 Å². The van der Waals surface area contributed by atoms with Crippen LogP contribution in [0.2, 0.25) is 0 Å². The largest absolute Gasteiger partial charge is 0.492 e. The molecule has 0 radical (unpaired) electrons. The number of rotatable bonds is 16. The van der Waals surface area contributed by atoms with E-state index in [2.05, 4.69) is 54.1 Å². The first-order valence-corrected chi connectivity index (χ1v) is 15.0. The Bertz CT molecular complexity index is 1200. The highest BCUT2D eigenvalue weighted by Gasteiger charge is 2.18. The van der Waals surface area contributed by atoms with Gasteiger partial charge in [0.05, 0.1) is 6.54 Å². The maximum atomic E-state index is 11.3. The third-order valence-electron chi connectivity index (χ3n) is 6.44. The van der Waals surface area contributed by atoms with Crippen molar-refractivity contribution in [2.24, 2.45) is 11.5 Å². The highest BCUT2D eigenvalue weighted by Crippen LogP contribution is 2.25. The molecular weight excluding hydrogens is 542 g/mol. The van der Waals surface area contributed by atoms with Crippen LogP contribution in [0.5, 0.6) is 5.75 Å². The molecule has 0 amide bonds. The van der Waals surface area contributed by atoms with Crippen LogP contribution < -0.4 is 16.2 Å². The van der Waals surface area contributed by atoms with E-state index in [9.17, 15) is 14.7 Å². The van der Waals surface area contributed by atoms with Gasteiger partial charge in [-0.1, -0.05) is 30.7 Å². The van der Waals surface area contributed by atoms with Crippen molar-refractivity contribution in [1.82, 2.24) is 4.57 Å². The lowest BCUT2D eigenvalue weighted by Gasteiger charge is -2.14. The summed E-state index contributed by atoms with van der Waals surface area (Å²) < 4.78 is 13.5. The Morgan fingerprint density at radius 2 is 1.66 bits per heavy atom. The van der Waals surface area contributed by atoms with Crippen LogP contribution in [0.3, 0.4) is 0 Å². The summed E-state index contributed by atoms with van der Waals surface area (Å²) in [6.07, 6.45) is 3.76. The van der Waals surface area contributed by atoms with Crippen LogP contribution in [0.25, 0.3) is 11.3 Å². The molecule has 41 heavy (non-hydrogen) atoms. The summed E-state index contributed by atoms with van der Waals surface area (Å²) in [7, 11) is 0. The summed E-state index contributed by atoms with van der Waals surface area (Å²) in [5.41, 5.74) is 14.9. The Morgan fingerprint density at radius 3 is 2.22 bits per heavy atom. The molecule has 0 spiro atoms. The molecule has 3 aromatic rings. The first kappa shape index (κ1) is 33.9. The first-order chi connectivity index (χ1) is 19.7. The van der Waals surface area contributed by atoms with Crippen LogP contribution in [0.15, 0.2) is 65.6 Å². The molecule has 0 aliphatic rings. The van der Waals surface area contributed by atoms with Crippen molar-refractivity contribution in [3.63, 3.8) is 0 Å². The van der Waals surface area contributed by atoms with E-state index in [1.54, 1.807) is 18.7 Å². The lowest BCUT2D eigenvalue weighted by atomic mass is 10.1. The van der Waals surface area contributed by atoms with Gasteiger partial charge in [-0.15, -0.1) is 11.8 Å². The monoisotopic (exact) mass is 585 g/mol. The van der Waals surface area contributed by atoms with Crippen LogP contribution in [0.1, 0.15) is 37.4 Å². The number of nitrogens with zero attached hydrogens (tertiary/aromatic N) is 1. The summed E-state index contributed by atoms with van der Waals surface area (Å²) in [4.78, 5) is 22.6. The topological polar surface area (TPSA) is 150 Å². The molecule has 224 valence electrons. The predicted molar refractivity (Wildman–Crippen MR) is 164 cm³/mol. The number of unbranched alkanes of at least 4 members (excludes halogenated alkanes) is 1. The van der Waals surface area contributed by atoms with E-state index in [1.165, 1.54) is 21.8 Å². The van der Waals surface area contributed by atoms with Gasteiger partial charge in [-0.3, -0.25) is 4.79 Å². The molecule has 0 aliphatic heterocycles. The zero-order valence-corrected chi connectivity index (χ0v) is 24.9. The quantitative estimate of drug-likeness (QED) is 0.137. The van der Waals surface area contributed by atoms with Gasteiger partial charge in [0.25, 0.3) is 0 Å². The van der Waals surface area contributed by atoms with Crippen molar-refractivity contribution in [1.29, 1.82) is 0 Å². The van der Waals surface area contributed by atoms with Crippen molar-refractivity contribution < 1.29 is 29.3 Å². The summed E-state index contributed by atoms with van der Waals surface area (Å²) in [5.74, 6) is -1.11. The fourth-order valence-electron chi connectivity index (χ4n) is 4.12. The molecule has 2 atom stereocenters. The van der Waals surface area contributed by atoms with Gasteiger partial charge in [0.2, 0.25) is 0 Å². The van der Waals surface area contributed by atoms with E-state index in [4.69, 9.17) is 26.0 Å². The third kappa shape index (κ3) is 11.6. The molecule has 2 aromatic carbocycles. The average molecular weight is 586 g/mol. The van der Waals surface area contributed by atoms with Gasteiger partial charge in [-0.25, -0.2) is 4.79 Å². The highest BCUT2D eigenvalue weighted by molar-refractivity contribution is 7.98. The van der Waals surface area contributed by atoms with Crippen LogP contribution in [-0.4, -0.2) is 64.9 Å². The number of nitrogens with two attached hydrogens (primary N) is 2. The molecule has 0 saturated carbocycles. The highest BCUT2D eigenvalue weighted by atomic mass is 32.2. The molecule has 0 bridgehead atoms. The SMILES string of the molecule is CCOC(Cc1ccc(OCCn2c(C)ccc2-c2ccc(SC)cc2)cc1)C(=O)O.NCCCC[C@H](N)C(=O)O. The minimum absolute atomic E-state index is 0.338. The molecule has 0 fully saturated rings. The number of carbonyl (C=O) groups is 2. The van der Waals surface area contributed by atoms with Crippen LogP contribution in [-0.2, 0) is 27.3 Å². The van der Waals surface area contributed by atoms with Crippen molar-refractivity contribution in [2.75, 3.05) is 26.0 Å². The smallest absolute Gasteiger partial charge is 0.333 e. The van der Waals surface area contributed by atoms with Crippen molar-refractivity contribution in [3.8, 4) is 17.0 Å². The maximum Gasteiger partial charge on any atom is 0.333 e. The van der Waals surface area contributed by atoms with Gasteiger partial charge in [0.15, 0.2) is 6.10 Å². The second-order valence-corrected chi connectivity index (χ2v) is 10.3. The summed E-state index contributed by atoms with van der Waals surface area (Å²) in [6, 6.07) is 19.7. The first-order valence-electron chi connectivity index (χ1n) is 13.7. The zero-order valence-electron chi connectivity index (χ0n) is 24.1. The van der Waals surface area contributed by atoms with E-state index in [-0.39, 0.29) is 0 Å². The molecule has 1 unspecified atom stereocenters. The minimum atomic E-state index is -0.942. The minimum Gasteiger partial charge on any atom is -0.492 e. The molecule has 1 heterocycles. The molecule has 9 nitrogen and oxygen atoms in total. The van der Waals surface area contributed by atoms with Gasteiger partial charge in [-0.05, 0) is 87.0 Å². The van der Waals surface area contributed by atoms with E-state index in [1.807, 2.05) is 24.3 Å². The normalized spacial score (nSPS) is 12.2. The van der Waals surface area contributed by atoms with Gasteiger partial charge >= 0.3 is 11.9 Å². The third-order valence-corrected chi connectivity index (χ3v) is 7.19. The van der Waals surface area contributed by atoms with Gasteiger partial charge < -0.3 is 35.7 Å². The van der Waals surface area contributed by atoms with E-state index >= 15 is 0 Å². The second kappa shape index (κ2) is 18.2. The van der Waals surface area contributed by atoms with E-state index in [0.29, 0.717) is 32.6 Å². The Kier molecular flexibility index (Phi) is 15.0. The number of ether oxygens (including phenoxy) is 2. The number of carboxylic acid groups (broad SMARTS) is 2. The lowest BCUT2D eigenvalue weighted by molar-refractivity contribution is -0.150. The van der Waals surface area contributed by atoms with Crippen molar-refractivity contribution in [3.05, 3.63) is 71.9 Å². The number of aromatic nitrogens is 1. The van der Waals surface area contributed by atoms with Gasteiger partial charge in [0, 0.05) is 29.3 Å². The maximum absolute atomic E-state index is 11.3. The fourth-order valence-corrected chi connectivity index (χ4v) is 4.53. The molecule has 0 saturated heterocycles. The van der Waals surface area contributed by atoms with Crippen molar-refractivity contribution >= 4 is 23.7 Å². The Hall–Kier alpha value is -3.31. The predicted octanol–water partition coefficient (Wildman–Crippen LogP) is 4.82. The van der Waals surface area contributed by atoms with Crippen molar-refractivity contribution in [2.45, 2.75) is 63.1 Å². The molecule has 0 aliphatic carbocycles. The fraction of sp³-hybridized carbons (Fsp3) is 0.419. The van der Waals surface area contributed by atoms with Gasteiger partial charge in [-0.2, -0.15) is 0 Å². The number of benzene rings is 2. The lowest BCUT2D eigenvalue weighted by Crippen LogP contribution is -2.29. The average Bonchev–Trinajstić information content (AvgIpc) is 3.33. The number of aliphatic carboxylic acids is 2. The molecule has 1 aromatic heterocycles. The molecular formula is C31H43N3O6S. The van der Waals surface area contributed by atoms with E-state index in [0.717, 1.165) is 30.7 Å². The Balaban J connectivity index is 0.000000503. The zero-order chi connectivity index (χ0) is 30.2. The number of hydrogen-bond donors (Lipinski definition) is 4. The van der Waals surface area contributed by atoms with E-state index < -0.39 is 24.1 Å². The molecule has 10 heteroatoms.